The monoisotopic (exact) mass is 256 g/mol. The Morgan fingerprint density at radius 1 is 1.50 bits per heavy atom. The van der Waals surface area contributed by atoms with Crippen LogP contribution in [0.3, 0.4) is 0 Å². The Bertz CT molecular complexity index is 512. The van der Waals surface area contributed by atoms with Crippen molar-refractivity contribution in [1.29, 1.82) is 0 Å². The SMILES string of the molecule is Cc1csc(C(N)c2cncc(F)c2)c1Cl. The van der Waals surface area contributed by atoms with Gasteiger partial charge in [-0.25, -0.2) is 4.39 Å². The van der Waals surface area contributed by atoms with E-state index in [0.29, 0.717) is 10.6 Å². The Balaban J connectivity index is 2.39. The molecular weight excluding hydrogens is 247 g/mol. The van der Waals surface area contributed by atoms with E-state index in [2.05, 4.69) is 4.98 Å². The molecule has 0 aliphatic carbocycles. The third-order valence-electron chi connectivity index (χ3n) is 2.29. The summed E-state index contributed by atoms with van der Waals surface area (Å²) in [6.45, 7) is 1.92. The zero-order chi connectivity index (χ0) is 11.7. The first kappa shape index (κ1) is 11.5. The quantitative estimate of drug-likeness (QED) is 0.896. The van der Waals surface area contributed by atoms with Gasteiger partial charge in [0.05, 0.1) is 17.3 Å². The summed E-state index contributed by atoms with van der Waals surface area (Å²) < 4.78 is 13.0. The maximum atomic E-state index is 13.0. The summed E-state index contributed by atoms with van der Waals surface area (Å²) in [5.41, 5.74) is 7.63. The molecule has 0 fully saturated rings. The molecule has 1 unspecified atom stereocenters. The Kier molecular flexibility index (Phi) is 3.23. The lowest BCUT2D eigenvalue weighted by atomic mass is 10.1. The Labute approximate surface area is 102 Å². The second kappa shape index (κ2) is 4.49. The maximum absolute atomic E-state index is 13.0. The first-order valence-corrected chi connectivity index (χ1v) is 5.95. The number of rotatable bonds is 2. The van der Waals surface area contributed by atoms with E-state index in [1.54, 1.807) is 6.20 Å². The summed E-state index contributed by atoms with van der Waals surface area (Å²) in [6.07, 6.45) is 2.70. The normalized spacial score (nSPS) is 12.8. The van der Waals surface area contributed by atoms with Gasteiger partial charge in [0.1, 0.15) is 5.82 Å². The predicted molar refractivity (Wildman–Crippen MR) is 64.3 cm³/mol. The van der Waals surface area contributed by atoms with E-state index >= 15 is 0 Å². The smallest absolute Gasteiger partial charge is 0.141 e. The minimum absolute atomic E-state index is 0.391. The molecule has 2 aromatic heterocycles. The molecule has 5 heteroatoms. The summed E-state index contributed by atoms with van der Waals surface area (Å²) in [7, 11) is 0. The van der Waals surface area contributed by atoms with E-state index in [4.69, 9.17) is 17.3 Å². The Morgan fingerprint density at radius 3 is 2.81 bits per heavy atom. The van der Waals surface area contributed by atoms with Gasteiger partial charge in [0.15, 0.2) is 0 Å². The largest absolute Gasteiger partial charge is 0.320 e. The fraction of sp³-hybridized carbons (Fsp3) is 0.182. The van der Waals surface area contributed by atoms with Crippen molar-refractivity contribution in [2.75, 3.05) is 0 Å². The average Bonchev–Trinajstić information content (AvgIpc) is 2.59. The first-order valence-electron chi connectivity index (χ1n) is 4.69. The molecule has 2 aromatic rings. The van der Waals surface area contributed by atoms with Crippen LogP contribution >= 0.6 is 22.9 Å². The van der Waals surface area contributed by atoms with Crippen molar-refractivity contribution in [3.05, 3.63) is 50.7 Å². The van der Waals surface area contributed by atoms with Crippen molar-refractivity contribution in [3.63, 3.8) is 0 Å². The van der Waals surface area contributed by atoms with Crippen LogP contribution in [0.1, 0.15) is 22.0 Å². The molecule has 16 heavy (non-hydrogen) atoms. The van der Waals surface area contributed by atoms with Crippen molar-refractivity contribution < 1.29 is 4.39 Å². The van der Waals surface area contributed by atoms with E-state index < -0.39 is 11.9 Å². The molecule has 2 nitrogen and oxygen atoms in total. The van der Waals surface area contributed by atoms with Crippen LogP contribution in [0.4, 0.5) is 4.39 Å². The molecule has 0 bridgehead atoms. The van der Waals surface area contributed by atoms with Crippen molar-refractivity contribution in [3.8, 4) is 0 Å². The van der Waals surface area contributed by atoms with E-state index in [1.165, 1.54) is 17.4 Å². The molecule has 0 aliphatic rings. The summed E-state index contributed by atoms with van der Waals surface area (Å²) in [4.78, 5) is 4.61. The molecule has 1 atom stereocenters. The second-order valence-corrected chi connectivity index (χ2v) is 4.80. The number of hydrogen-bond acceptors (Lipinski definition) is 3. The zero-order valence-corrected chi connectivity index (χ0v) is 10.1. The topological polar surface area (TPSA) is 38.9 Å². The summed E-state index contributed by atoms with van der Waals surface area (Å²) >= 11 is 7.59. The number of hydrogen-bond donors (Lipinski definition) is 1. The summed E-state index contributed by atoms with van der Waals surface area (Å²) in [6, 6.07) is 0.956. The minimum Gasteiger partial charge on any atom is -0.320 e. The third-order valence-corrected chi connectivity index (χ3v) is 4.09. The van der Waals surface area contributed by atoms with Crippen LogP contribution in [0.15, 0.2) is 23.8 Å². The fourth-order valence-electron chi connectivity index (χ4n) is 1.41. The third kappa shape index (κ3) is 2.09. The van der Waals surface area contributed by atoms with Gasteiger partial charge in [0, 0.05) is 11.1 Å². The molecule has 84 valence electrons. The lowest BCUT2D eigenvalue weighted by Crippen LogP contribution is -2.11. The molecule has 0 radical (unpaired) electrons. The van der Waals surface area contributed by atoms with Crippen LogP contribution in [0, 0.1) is 12.7 Å². The number of pyridine rings is 1. The van der Waals surface area contributed by atoms with Gasteiger partial charge in [0.2, 0.25) is 0 Å². The predicted octanol–water partition coefficient (Wildman–Crippen LogP) is 3.29. The van der Waals surface area contributed by atoms with Crippen LogP contribution in [0.25, 0.3) is 0 Å². The fourth-order valence-corrected chi connectivity index (χ4v) is 2.75. The minimum atomic E-state index is -0.422. The lowest BCUT2D eigenvalue weighted by molar-refractivity contribution is 0.616. The van der Waals surface area contributed by atoms with Crippen LogP contribution in [-0.4, -0.2) is 4.98 Å². The van der Waals surface area contributed by atoms with E-state index in [9.17, 15) is 4.39 Å². The molecule has 0 saturated carbocycles. The van der Waals surface area contributed by atoms with Gasteiger partial charge in [-0.2, -0.15) is 0 Å². The highest BCUT2D eigenvalue weighted by Gasteiger charge is 2.16. The number of nitrogens with two attached hydrogens (primary N) is 1. The van der Waals surface area contributed by atoms with Gasteiger partial charge in [-0.15, -0.1) is 11.3 Å². The first-order chi connectivity index (χ1) is 7.59. The molecule has 2 N–H and O–H groups in total. The van der Waals surface area contributed by atoms with Crippen LogP contribution in [-0.2, 0) is 0 Å². The summed E-state index contributed by atoms with van der Waals surface area (Å²) in [5.74, 6) is -0.391. The second-order valence-electron chi connectivity index (χ2n) is 3.51. The standard InChI is InChI=1S/C11H10ClFN2S/c1-6-5-16-11(9(6)12)10(14)7-2-8(13)4-15-3-7/h2-5,10H,14H2,1H3. The Hall–Kier alpha value is -0.970. The van der Waals surface area contributed by atoms with Crippen LogP contribution < -0.4 is 5.73 Å². The number of thiophene rings is 1. The zero-order valence-electron chi connectivity index (χ0n) is 8.58. The number of nitrogens with zero attached hydrogens (tertiary/aromatic N) is 1. The van der Waals surface area contributed by atoms with Gasteiger partial charge in [-0.05, 0) is 29.5 Å². The van der Waals surface area contributed by atoms with Crippen LogP contribution in [0.2, 0.25) is 5.02 Å². The number of aromatic nitrogens is 1. The molecule has 0 amide bonds. The van der Waals surface area contributed by atoms with Gasteiger partial charge in [-0.3, -0.25) is 4.98 Å². The highest BCUT2D eigenvalue weighted by Crippen LogP contribution is 2.34. The molecule has 0 aromatic carbocycles. The highest BCUT2D eigenvalue weighted by atomic mass is 35.5. The van der Waals surface area contributed by atoms with Crippen molar-refractivity contribution in [2.45, 2.75) is 13.0 Å². The van der Waals surface area contributed by atoms with Gasteiger partial charge in [0.25, 0.3) is 0 Å². The van der Waals surface area contributed by atoms with Gasteiger partial charge in [-0.1, -0.05) is 11.6 Å². The lowest BCUT2D eigenvalue weighted by Gasteiger charge is -2.10. The van der Waals surface area contributed by atoms with Crippen molar-refractivity contribution in [2.24, 2.45) is 5.73 Å². The highest BCUT2D eigenvalue weighted by molar-refractivity contribution is 7.10. The van der Waals surface area contributed by atoms with E-state index in [0.717, 1.165) is 16.6 Å². The average molecular weight is 257 g/mol. The molecule has 2 rings (SSSR count). The molecular formula is C11H10ClFN2S. The maximum Gasteiger partial charge on any atom is 0.141 e. The van der Waals surface area contributed by atoms with Crippen molar-refractivity contribution in [1.82, 2.24) is 4.98 Å². The summed E-state index contributed by atoms with van der Waals surface area (Å²) in [5, 5.41) is 2.59. The molecule has 2 heterocycles. The van der Waals surface area contributed by atoms with Crippen molar-refractivity contribution >= 4 is 22.9 Å². The van der Waals surface area contributed by atoms with Gasteiger partial charge >= 0.3 is 0 Å². The molecule has 0 aliphatic heterocycles. The number of halogens is 2. The Morgan fingerprint density at radius 2 is 2.25 bits per heavy atom. The van der Waals surface area contributed by atoms with Crippen LogP contribution in [0.5, 0.6) is 0 Å². The molecule has 0 saturated heterocycles. The van der Waals surface area contributed by atoms with Gasteiger partial charge < -0.3 is 5.73 Å². The molecule has 0 spiro atoms. The number of aryl methyl sites for hydroxylation is 1. The van der Waals surface area contributed by atoms with E-state index in [1.807, 2.05) is 12.3 Å². The van der Waals surface area contributed by atoms with E-state index in [-0.39, 0.29) is 0 Å².